The van der Waals surface area contributed by atoms with Gasteiger partial charge in [0, 0.05) is 5.97 Å². The first-order chi connectivity index (χ1) is 6.22. The van der Waals surface area contributed by atoms with Gasteiger partial charge in [-0.15, -0.1) is 0 Å². The van der Waals surface area contributed by atoms with Gasteiger partial charge < -0.3 is 9.90 Å². The topological polar surface area (TPSA) is 40.1 Å². The molecule has 0 saturated heterocycles. The van der Waals surface area contributed by atoms with Crippen molar-refractivity contribution >= 4 is 5.97 Å². The molecule has 74 valence electrons. The van der Waals surface area contributed by atoms with E-state index in [0.717, 1.165) is 32.1 Å². The zero-order valence-corrected chi connectivity index (χ0v) is 8.21. The summed E-state index contributed by atoms with van der Waals surface area (Å²) in [6.07, 6.45) is 7.85. The molecule has 0 aromatic carbocycles. The molecule has 0 radical (unpaired) electrons. The maximum atomic E-state index is 10.3. The smallest absolute Gasteiger partial charge is 0.0417 e. The second kappa shape index (κ2) is 5.05. The first kappa shape index (κ1) is 10.3. The molecule has 2 nitrogen and oxygen atoms in total. The van der Waals surface area contributed by atoms with Crippen molar-refractivity contribution in [2.24, 2.45) is 5.92 Å². The molecule has 0 aliphatic heterocycles. The number of carbonyl (C=O) groups is 1. The summed E-state index contributed by atoms with van der Waals surface area (Å²) in [7, 11) is 0. The molecule has 1 fully saturated rings. The average Bonchev–Trinajstić information content (AvgIpc) is 2.08. The summed E-state index contributed by atoms with van der Waals surface area (Å²) < 4.78 is 0. The molecule has 0 aromatic rings. The number of carbonyl (C=O) groups excluding carboxylic acids is 1. The third-order valence-corrected chi connectivity index (χ3v) is 2.70. The van der Waals surface area contributed by atoms with E-state index in [-0.39, 0.29) is 6.42 Å². The summed E-state index contributed by atoms with van der Waals surface area (Å²) in [5.41, 5.74) is 1.51. The highest BCUT2D eigenvalue weighted by molar-refractivity contribution is 5.64. The van der Waals surface area contributed by atoms with Gasteiger partial charge in [0.05, 0.1) is 0 Å². The van der Waals surface area contributed by atoms with Crippen LogP contribution in [0.1, 0.15) is 45.4 Å². The molecule has 0 amide bonds. The molecule has 0 aromatic heterocycles. The van der Waals surface area contributed by atoms with Crippen molar-refractivity contribution in [3.8, 4) is 0 Å². The fourth-order valence-electron chi connectivity index (χ4n) is 1.98. The SMILES string of the molecule is CCC=C1CCC(CC(=O)[O-])CC1. The molecule has 13 heavy (non-hydrogen) atoms. The van der Waals surface area contributed by atoms with E-state index < -0.39 is 5.97 Å². The van der Waals surface area contributed by atoms with Gasteiger partial charge in [-0.05, 0) is 44.4 Å². The highest BCUT2D eigenvalue weighted by Crippen LogP contribution is 2.30. The van der Waals surface area contributed by atoms with Gasteiger partial charge in [0.2, 0.25) is 0 Å². The predicted molar refractivity (Wildman–Crippen MR) is 50.0 cm³/mol. The monoisotopic (exact) mass is 181 g/mol. The third kappa shape index (κ3) is 3.62. The van der Waals surface area contributed by atoms with Gasteiger partial charge in [-0.3, -0.25) is 0 Å². The van der Waals surface area contributed by atoms with Crippen LogP contribution < -0.4 is 5.11 Å². The lowest BCUT2D eigenvalue weighted by molar-refractivity contribution is -0.306. The summed E-state index contributed by atoms with van der Waals surface area (Å²) in [5.74, 6) is -0.535. The lowest BCUT2D eigenvalue weighted by atomic mass is 9.84. The maximum absolute atomic E-state index is 10.3. The molecule has 0 unspecified atom stereocenters. The van der Waals surface area contributed by atoms with E-state index in [1.54, 1.807) is 0 Å². The van der Waals surface area contributed by atoms with E-state index in [9.17, 15) is 9.90 Å². The van der Waals surface area contributed by atoms with Crippen LogP contribution in [0.15, 0.2) is 11.6 Å². The number of allylic oxidation sites excluding steroid dienone is 2. The minimum Gasteiger partial charge on any atom is -0.550 e. The molecule has 1 saturated carbocycles. The standard InChI is InChI=1S/C11H18O2/c1-2-3-9-4-6-10(7-5-9)8-11(12)13/h3,10H,2,4-8H2,1H3,(H,12,13)/p-1. The minimum atomic E-state index is -0.895. The molecule has 2 heteroatoms. The number of hydrogen-bond donors (Lipinski definition) is 0. The molecule has 1 rings (SSSR count). The third-order valence-electron chi connectivity index (χ3n) is 2.70. The summed E-state index contributed by atoms with van der Waals surface area (Å²) >= 11 is 0. The zero-order chi connectivity index (χ0) is 9.68. The van der Waals surface area contributed by atoms with Crippen molar-refractivity contribution in [1.29, 1.82) is 0 Å². The highest BCUT2D eigenvalue weighted by Gasteiger charge is 2.15. The fraction of sp³-hybridized carbons (Fsp3) is 0.727. The van der Waals surface area contributed by atoms with Crippen molar-refractivity contribution in [1.82, 2.24) is 0 Å². The van der Waals surface area contributed by atoms with Crippen LogP contribution in [0.5, 0.6) is 0 Å². The molecular formula is C11H17O2-. The molecule has 0 spiro atoms. The molecule has 0 atom stereocenters. The van der Waals surface area contributed by atoms with E-state index in [0.29, 0.717) is 5.92 Å². The van der Waals surface area contributed by atoms with E-state index in [1.165, 1.54) is 5.57 Å². The number of carboxylic acid groups (broad SMARTS) is 1. The second-order valence-corrected chi connectivity index (χ2v) is 3.79. The van der Waals surface area contributed by atoms with Gasteiger partial charge in [0.15, 0.2) is 0 Å². The van der Waals surface area contributed by atoms with E-state index in [2.05, 4.69) is 13.0 Å². The Hall–Kier alpha value is -0.790. The van der Waals surface area contributed by atoms with Gasteiger partial charge in [-0.1, -0.05) is 18.6 Å². The van der Waals surface area contributed by atoms with Crippen LogP contribution in [0, 0.1) is 5.92 Å². The Kier molecular flexibility index (Phi) is 4.00. The lowest BCUT2D eigenvalue weighted by Gasteiger charge is -2.24. The van der Waals surface area contributed by atoms with Crippen molar-refractivity contribution in [2.45, 2.75) is 45.4 Å². The first-order valence-electron chi connectivity index (χ1n) is 5.10. The Morgan fingerprint density at radius 3 is 2.62 bits per heavy atom. The Bertz CT molecular complexity index is 196. The first-order valence-corrected chi connectivity index (χ1v) is 5.10. The van der Waals surface area contributed by atoms with Gasteiger partial charge >= 0.3 is 0 Å². The lowest BCUT2D eigenvalue weighted by Crippen LogP contribution is -2.26. The Morgan fingerprint density at radius 1 is 1.54 bits per heavy atom. The van der Waals surface area contributed by atoms with Crippen molar-refractivity contribution in [3.63, 3.8) is 0 Å². The highest BCUT2D eigenvalue weighted by atomic mass is 16.4. The molecule has 0 heterocycles. The van der Waals surface area contributed by atoms with Crippen molar-refractivity contribution < 1.29 is 9.90 Å². The average molecular weight is 181 g/mol. The Morgan fingerprint density at radius 2 is 2.15 bits per heavy atom. The van der Waals surface area contributed by atoms with Crippen LogP contribution in [0.3, 0.4) is 0 Å². The molecule has 0 N–H and O–H groups in total. The number of hydrogen-bond acceptors (Lipinski definition) is 2. The van der Waals surface area contributed by atoms with E-state index in [4.69, 9.17) is 0 Å². The Labute approximate surface area is 79.6 Å². The number of aliphatic carboxylic acids is 1. The summed E-state index contributed by atoms with van der Waals surface area (Å²) in [5, 5.41) is 10.3. The largest absolute Gasteiger partial charge is 0.550 e. The Balaban J connectivity index is 2.30. The van der Waals surface area contributed by atoms with E-state index >= 15 is 0 Å². The summed E-state index contributed by atoms with van der Waals surface area (Å²) in [6.45, 7) is 2.14. The fourth-order valence-corrected chi connectivity index (χ4v) is 1.98. The molecule has 1 aliphatic rings. The van der Waals surface area contributed by atoms with Crippen LogP contribution in [0.25, 0.3) is 0 Å². The maximum Gasteiger partial charge on any atom is 0.0417 e. The van der Waals surface area contributed by atoms with Crippen molar-refractivity contribution in [2.75, 3.05) is 0 Å². The molecule has 0 bridgehead atoms. The van der Waals surface area contributed by atoms with Crippen LogP contribution in [-0.2, 0) is 4.79 Å². The van der Waals surface area contributed by atoms with Crippen LogP contribution in [0.4, 0.5) is 0 Å². The minimum absolute atomic E-state index is 0.249. The molecule has 1 aliphatic carbocycles. The number of carboxylic acids is 1. The number of rotatable bonds is 3. The van der Waals surface area contributed by atoms with Gasteiger partial charge in [-0.2, -0.15) is 0 Å². The quantitative estimate of drug-likeness (QED) is 0.621. The normalized spacial score (nSPS) is 22.8. The van der Waals surface area contributed by atoms with Crippen molar-refractivity contribution in [3.05, 3.63) is 11.6 Å². The van der Waals surface area contributed by atoms with Gasteiger partial charge in [-0.25, -0.2) is 0 Å². The van der Waals surface area contributed by atoms with Crippen LogP contribution >= 0.6 is 0 Å². The van der Waals surface area contributed by atoms with Gasteiger partial charge in [0.25, 0.3) is 0 Å². The van der Waals surface area contributed by atoms with Crippen LogP contribution in [0.2, 0.25) is 0 Å². The second-order valence-electron chi connectivity index (χ2n) is 3.79. The van der Waals surface area contributed by atoms with Crippen LogP contribution in [-0.4, -0.2) is 5.97 Å². The van der Waals surface area contributed by atoms with Gasteiger partial charge in [0.1, 0.15) is 0 Å². The molecular weight excluding hydrogens is 164 g/mol. The summed E-state index contributed by atoms with van der Waals surface area (Å²) in [6, 6.07) is 0. The van der Waals surface area contributed by atoms with E-state index in [1.807, 2.05) is 0 Å². The predicted octanol–water partition coefficient (Wildman–Crippen LogP) is 1.65. The summed E-state index contributed by atoms with van der Waals surface area (Å²) in [4.78, 5) is 10.3. The zero-order valence-electron chi connectivity index (χ0n) is 8.21.